The van der Waals surface area contributed by atoms with Crippen LogP contribution in [0.1, 0.15) is 39.0 Å². The second-order valence-corrected chi connectivity index (χ2v) is 8.03. The molecule has 0 aromatic heterocycles. The molecule has 9 nitrogen and oxygen atoms in total. The quantitative estimate of drug-likeness (QED) is 0.393. The van der Waals surface area contributed by atoms with E-state index in [0.29, 0.717) is 57.0 Å². The van der Waals surface area contributed by atoms with Gasteiger partial charge >= 0.3 is 19.1 Å². The summed E-state index contributed by atoms with van der Waals surface area (Å²) in [4.78, 5) is 28.2. The smallest absolute Gasteiger partial charge is 0.469 e. The van der Waals surface area contributed by atoms with Gasteiger partial charge in [-0.2, -0.15) is 0 Å². The summed E-state index contributed by atoms with van der Waals surface area (Å²) in [6.07, 6.45) is 2.42. The molecular formula is C21H34BN3O6. The van der Waals surface area contributed by atoms with Crippen LogP contribution in [0.3, 0.4) is 0 Å². The van der Waals surface area contributed by atoms with E-state index in [4.69, 9.17) is 4.74 Å². The molecule has 1 aromatic rings. The molecule has 4 N–H and O–H groups in total. The molecule has 1 aliphatic rings. The first kappa shape index (κ1) is 25.0. The van der Waals surface area contributed by atoms with Crippen LogP contribution in [0.25, 0.3) is 0 Å². The lowest BCUT2D eigenvalue weighted by molar-refractivity contribution is -0.142. The molecule has 10 heteroatoms. The van der Waals surface area contributed by atoms with Crippen molar-refractivity contribution in [1.29, 1.82) is 0 Å². The van der Waals surface area contributed by atoms with Crippen molar-refractivity contribution in [2.24, 2.45) is 0 Å². The second kappa shape index (κ2) is 11.9. The van der Waals surface area contributed by atoms with Gasteiger partial charge in [-0.05, 0) is 37.9 Å². The molecule has 31 heavy (non-hydrogen) atoms. The SMILES string of the molecule is CCCCC(CCCN1CCN(C(=O)Nc2cccc(OC)c2)CC1)(B(O)O)C(=O)O. The van der Waals surface area contributed by atoms with Gasteiger partial charge in [-0.15, -0.1) is 0 Å². The minimum Gasteiger partial charge on any atom is -0.497 e. The number of rotatable bonds is 11. The number of nitrogens with zero attached hydrogens (tertiary/aromatic N) is 2. The Labute approximate surface area is 184 Å². The number of anilines is 1. The minimum absolute atomic E-state index is 0.166. The highest BCUT2D eigenvalue weighted by atomic mass is 16.5. The van der Waals surface area contributed by atoms with Crippen molar-refractivity contribution < 1.29 is 29.5 Å². The highest BCUT2D eigenvalue weighted by Gasteiger charge is 2.48. The Morgan fingerprint density at radius 2 is 1.84 bits per heavy atom. The first-order valence-electron chi connectivity index (χ1n) is 10.8. The summed E-state index contributed by atoms with van der Waals surface area (Å²) in [5, 5.41) is 30.5. The minimum atomic E-state index is -1.88. The molecule has 2 rings (SSSR count). The lowest BCUT2D eigenvalue weighted by Gasteiger charge is -2.35. The van der Waals surface area contributed by atoms with Crippen LogP contribution < -0.4 is 10.1 Å². The molecule has 1 aromatic carbocycles. The first-order valence-corrected chi connectivity index (χ1v) is 10.8. The van der Waals surface area contributed by atoms with Crippen LogP contribution in [-0.4, -0.2) is 83.9 Å². The van der Waals surface area contributed by atoms with Crippen LogP contribution >= 0.6 is 0 Å². The molecule has 0 saturated carbocycles. The Bertz CT molecular complexity index is 727. The maximum Gasteiger partial charge on any atom is 0.469 e. The fourth-order valence-corrected chi connectivity index (χ4v) is 3.90. The van der Waals surface area contributed by atoms with Crippen LogP contribution in [0.4, 0.5) is 10.5 Å². The van der Waals surface area contributed by atoms with Crippen molar-refractivity contribution in [2.75, 3.05) is 45.2 Å². The number of ether oxygens (including phenoxy) is 1. The van der Waals surface area contributed by atoms with Crippen molar-refractivity contribution in [3.8, 4) is 5.75 Å². The average molecular weight is 435 g/mol. The molecule has 0 bridgehead atoms. The van der Waals surface area contributed by atoms with E-state index in [9.17, 15) is 24.7 Å². The Balaban J connectivity index is 1.80. The van der Waals surface area contributed by atoms with Gasteiger partial charge in [-0.1, -0.05) is 25.8 Å². The average Bonchev–Trinajstić information content (AvgIpc) is 2.76. The van der Waals surface area contributed by atoms with Gasteiger partial charge in [0, 0.05) is 37.9 Å². The molecule has 0 radical (unpaired) electrons. The lowest BCUT2D eigenvalue weighted by atomic mass is 9.53. The fraction of sp³-hybridized carbons (Fsp3) is 0.619. The summed E-state index contributed by atoms with van der Waals surface area (Å²) in [5.41, 5.74) is 0.673. The molecule has 2 amide bonds. The van der Waals surface area contributed by atoms with Crippen molar-refractivity contribution in [3.05, 3.63) is 24.3 Å². The highest BCUT2D eigenvalue weighted by molar-refractivity contribution is 6.51. The number of carbonyl (C=O) groups is 2. The number of hydrogen-bond donors (Lipinski definition) is 4. The van der Waals surface area contributed by atoms with Crippen LogP contribution in [0, 0.1) is 0 Å². The number of methoxy groups -OCH3 is 1. The van der Waals surface area contributed by atoms with Crippen molar-refractivity contribution in [2.45, 2.75) is 44.3 Å². The van der Waals surface area contributed by atoms with Gasteiger partial charge in [-0.25, -0.2) is 4.79 Å². The van der Waals surface area contributed by atoms with Crippen molar-refractivity contribution in [1.82, 2.24) is 9.80 Å². The van der Waals surface area contributed by atoms with Gasteiger partial charge in [0.1, 0.15) is 11.1 Å². The zero-order chi connectivity index (χ0) is 22.9. The molecule has 1 fully saturated rings. The van der Waals surface area contributed by atoms with E-state index in [0.717, 1.165) is 6.42 Å². The molecule has 0 spiro atoms. The van der Waals surface area contributed by atoms with E-state index in [-0.39, 0.29) is 18.9 Å². The third kappa shape index (κ3) is 6.85. The summed E-state index contributed by atoms with van der Waals surface area (Å²) in [6, 6.07) is 7.02. The molecule has 1 saturated heterocycles. The Hall–Kier alpha value is -2.30. The third-order valence-corrected chi connectivity index (χ3v) is 5.97. The topological polar surface area (TPSA) is 123 Å². The summed E-state index contributed by atoms with van der Waals surface area (Å²) in [6.45, 7) is 5.10. The number of hydrogen-bond acceptors (Lipinski definition) is 6. The third-order valence-electron chi connectivity index (χ3n) is 5.97. The Morgan fingerprint density at radius 1 is 1.16 bits per heavy atom. The van der Waals surface area contributed by atoms with E-state index in [1.165, 1.54) is 0 Å². The van der Waals surface area contributed by atoms with Gasteiger partial charge in [0.25, 0.3) is 0 Å². The van der Waals surface area contributed by atoms with Crippen LogP contribution in [-0.2, 0) is 4.79 Å². The second-order valence-electron chi connectivity index (χ2n) is 8.03. The maximum absolute atomic E-state index is 12.5. The highest BCUT2D eigenvalue weighted by Crippen LogP contribution is 2.40. The number of benzene rings is 1. The number of carboxylic acid groups (broad SMARTS) is 1. The van der Waals surface area contributed by atoms with E-state index >= 15 is 0 Å². The van der Waals surface area contributed by atoms with Crippen LogP contribution in [0.5, 0.6) is 5.75 Å². The van der Waals surface area contributed by atoms with Crippen molar-refractivity contribution in [3.63, 3.8) is 0 Å². The maximum atomic E-state index is 12.5. The number of carboxylic acids is 1. The number of unbranched alkanes of at least 4 members (excludes halogenated alkanes) is 1. The van der Waals surface area contributed by atoms with E-state index in [1.807, 2.05) is 19.1 Å². The number of amides is 2. The van der Waals surface area contributed by atoms with E-state index in [2.05, 4.69) is 10.2 Å². The lowest BCUT2D eigenvalue weighted by Crippen LogP contribution is -2.50. The monoisotopic (exact) mass is 435 g/mol. The van der Waals surface area contributed by atoms with Gasteiger partial charge in [0.15, 0.2) is 0 Å². The number of carbonyl (C=O) groups excluding carboxylic acids is 1. The predicted molar refractivity (Wildman–Crippen MR) is 119 cm³/mol. The first-order chi connectivity index (χ1) is 14.8. The van der Waals surface area contributed by atoms with Gasteiger partial charge < -0.3 is 30.1 Å². The Kier molecular flexibility index (Phi) is 9.61. The molecule has 1 aliphatic heterocycles. The fourth-order valence-electron chi connectivity index (χ4n) is 3.90. The van der Waals surface area contributed by atoms with Gasteiger partial charge in [-0.3, -0.25) is 9.69 Å². The van der Waals surface area contributed by atoms with Gasteiger partial charge in [0.05, 0.1) is 7.11 Å². The van der Waals surface area contributed by atoms with Crippen molar-refractivity contribution >= 4 is 24.8 Å². The molecule has 1 heterocycles. The van der Waals surface area contributed by atoms with Crippen LogP contribution in [0.15, 0.2) is 24.3 Å². The summed E-state index contributed by atoms with van der Waals surface area (Å²) in [5.74, 6) is -0.484. The van der Waals surface area contributed by atoms with Gasteiger partial charge in [0.2, 0.25) is 0 Å². The Morgan fingerprint density at radius 3 is 2.42 bits per heavy atom. The van der Waals surface area contributed by atoms with E-state index < -0.39 is 18.4 Å². The number of urea groups is 1. The predicted octanol–water partition coefficient (Wildman–Crippen LogP) is 2.11. The molecular weight excluding hydrogens is 401 g/mol. The summed E-state index contributed by atoms with van der Waals surface area (Å²) >= 11 is 0. The largest absolute Gasteiger partial charge is 0.497 e. The number of aliphatic carboxylic acids is 1. The van der Waals surface area contributed by atoms with Crippen LogP contribution in [0.2, 0.25) is 5.31 Å². The molecule has 1 atom stereocenters. The van der Waals surface area contributed by atoms with E-state index in [1.54, 1.807) is 24.1 Å². The number of nitrogens with one attached hydrogen (secondary N) is 1. The normalized spacial score (nSPS) is 16.5. The summed E-state index contributed by atoms with van der Waals surface area (Å²) < 4.78 is 5.17. The molecule has 172 valence electrons. The molecule has 1 unspecified atom stereocenters. The zero-order valence-corrected chi connectivity index (χ0v) is 18.4. The summed E-state index contributed by atoms with van der Waals surface area (Å²) in [7, 11) is -0.306. The standard InChI is InChI=1S/C21H34BN3O6/c1-3-4-9-21(19(26)27,22(29)30)10-6-11-24-12-14-25(15-13-24)20(28)23-17-7-5-8-18(16-17)31-2/h5,7-8,16,29-30H,3-4,6,9-15H2,1-2H3,(H,23,28)(H,26,27). The number of piperazine rings is 1. The molecule has 0 aliphatic carbocycles. The zero-order valence-electron chi connectivity index (χ0n) is 18.4.